The van der Waals surface area contributed by atoms with Crippen LogP contribution in [-0.2, 0) is 9.53 Å². The first-order valence-corrected chi connectivity index (χ1v) is 5.34. The molecule has 0 aromatic heterocycles. The molecule has 0 spiro atoms. The van der Waals surface area contributed by atoms with Crippen molar-refractivity contribution in [3.8, 4) is 0 Å². The van der Waals surface area contributed by atoms with Crippen LogP contribution in [0.25, 0.3) is 0 Å². The van der Waals surface area contributed by atoms with Crippen LogP contribution in [0.15, 0.2) is 30.0 Å². The van der Waals surface area contributed by atoms with Gasteiger partial charge >= 0.3 is 5.97 Å². The second kappa shape index (κ2) is 4.59. The lowest BCUT2D eigenvalue weighted by atomic mass is 10.0. The summed E-state index contributed by atoms with van der Waals surface area (Å²) in [5.74, 6) is -0.805. The van der Waals surface area contributed by atoms with E-state index in [1.165, 1.54) is 12.1 Å². The van der Waals surface area contributed by atoms with E-state index >= 15 is 0 Å². The van der Waals surface area contributed by atoms with E-state index in [4.69, 9.17) is 21.4 Å². The Morgan fingerprint density at radius 1 is 1.53 bits per heavy atom. The van der Waals surface area contributed by atoms with Gasteiger partial charge in [0.05, 0.1) is 10.6 Å². The van der Waals surface area contributed by atoms with E-state index in [-0.39, 0.29) is 22.4 Å². The van der Waals surface area contributed by atoms with Crippen molar-refractivity contribution in [3.05, 3.63) is 46.2 Å². The van der Waals surface area contributed by atoms with Crippen molar-refractivity contribution in [2.24, 2.45) is 0 Å². The van der Waals surface area contributed by atoms with Crippen molar-refractivity contribution < 1.29 is 19.4 Å². The molecule has 0 fully saturated rings. The molecule has 1 unspecified atom stereocenters. The number of halogens is 1. The Hall–Kier alpha value is -1.81. The third kappa shape index (κ3) is 2.31. The van der Waals surface area contributed by atoms with Crippen molar-refractivity contribution in [2.75, 3.05) is 0 Å². The fourth-order valence-electron chi connectivity index (χ4n) is 1.67. The number of carboxylic acid groups (broad SMARTS) is 1. The average molecular weight is 253 g/mol. The van der Waals surface area contributed by atoms with Crippen LogP contribution < -0.4 is 0 Å². The van der Waals surface area contributed by atoms with Gasteiger partial charge in [-0.2, -0.15) is 0 Å². The molecule has 1 atom stereocenters. The van der Waals surface area contributed by atoms with E-state index < -0.39 is 5.97 Å². The van der Waals surface area contributed by atoms with Crippen molar-refractivity contribution in [1.29, 1.82) is 0 Å². The highest BCUT2D eigenvalue weighted by Crippen LogP contribution is 2.32. The smallest absolute Gasteiger partial charge is 0.337 e. The number of rotatable bonds is 3. The highest BCUT2D eigenvalue weighted by molar-refractivity contribution is 6.33. The highest BCUT2D eigenvalue weighted by Gasteiger charge is 2.21. The molecule has 0 saturated carbocycles. The number of hydrogen-bond donors (Lipinski definition) is 1. The van der Waals surface area contributed by atoms with E-state index in [0.717, 1.165) is 0 Å². The maximum Gasteiger partial charge on any atom is 0.337 e. The number of ether oxygens (including phenoxy) is 1. The molecule has 1 aliphatic heterocycles. The summed E-state index contributed by atoms with van der Waals surface area (Å²) in [5, 5.41) is 9.12. The van der Waals surface area contributed by atoms with Gasteiger partial charge in [-0.3, -0.25) is 4.79 Å². The van der Waals surface area contributed by atoms with E-state index in [0.29, 0.717) is 18.3 Å². The summed E-state index contributed by atoms with van der Waals surface area (Å²) in [6, 6.07) is 4.68. The van der Waals surface area contributed by atoms with Gasteiger partial charge < -0.3 is 9.84 Å². The van der Waals surface area contributed by atoms with Gasteiger partial charge in [0.1, 0.15) is 6.10 Å². The average Bonchev–Trinajstić information content (AvgIpc) is 2.78. The van der Waals surface area contributed by atoms with Crippen molar-refractivity contribution in [3.63, 3.8) is 0 Å². The molecule has 1 aliphatic rings. The zero-order valence-corrected chi connectivity index (χ0v) is 9.48. The minimum atomic E-state index is -1.08. The SMILES string of the molecule is O=CC1=CCC(c2ccc(Cl)c(C(=O)O)c2)O1. The molecule has 0 amide bonds. The zero-order valence-electron chi connectivity index (χ0n) is 8.72. The van der Waals surface area contributed by atoms with Crippen LogP contribution in [0.1, 0.15) is 28.4 Å². The second-order valence-electron chi connectivity index (χ2n) is 3.61. The van der Waals surface area contributed by atoms with Crippen LogP contribution in [0.2, 0.25) is 5.02 Å². The third-order valence-corrected chi connectivity index (χ3v) is 2.85. The summed E-state index contributed by atoms with van der Waals surface area (Å²) < 4.78 is 5.33. The number of allylic oxidation sites excluding steroid dienone is 1. The van der Waals surface area contributed by atoms with E-state index in [2.05, 4.69) is 0 Å². The van der Waals surface area contributed by atoms with Gasteiger partial charge in [0, 0.05) is 6.42 Å². The molecule has 1 aromatic rings. The van der Waals surface area contributed by atoms with E-state index in [9.17, 15) is 9.59 Å². The van der Waals surface area contributed by atoms with Gasteiger partial charge in [-0.05, 0) is 23.8 Å². The molecule has 0 aliphatic carbocycles. The number of carbonyl (C=O) groups is 2. The summed E-state index contributed by atoms with van der Waals surface area (Å²) in [4.78, 5) is 21.4. The van der Waals surface area contributed by atoms with Crippen molar-refractivity contribution >= 4 is 23.9 Å². The molecule has 0 radical (unpaired) electrons. The van der Waals surface area contributed by atoms with E-state index in [1.54, 1.807) is 12.1 Å². The Labute approximate surface area is 102 Å². The maximum atomic E-state index is 10.9. The van der Waals surface area contributed by atoms with Crippen LogP contribution in [0.4, 0.5) is 0 Å². The maximum absolute atomic E-state index is 10.9. The van der Waals surface area contributed by atoms with E-state index in [1.807, 2.05) is 0 Å². The molecule has 1 N–H and O–H groups in total. The molecule has 5 heteroatoms. The third-order valence-electron chi connectivity index (χ3n) is 2.52. The van der Waals surface area contributed by atoms with Gasteiger partial charge in [-0.1, -0.05) is 17.7 Å². The van der Waals surface area contributed by atoms with Gasteiger partial charge in [0.2, 0.25) is 0 Å². The molecular formula is C12H9ClO4. The molecular weight excluding hydrogens is 244 g/mol. The topological polar surface area (TPSA) is 63.6 Å². The predicted molar refractivity (Wildman–Crippen MR) is 61.0 cm³/mol. The van der Waals surface area contributed by atoms with Gasteiger partial charge in [-0.15, -0.1) is 0 Å². The number of hydrogen-bond acceptors (Lipinski definition) is 3. The summed E-state index contributed by atoms with van der Waals surface area (Å²) >= 11 is 5.76. The van der Waals surface area contributed by atoms with Crippen LogP contribution in [0, 0.1) is 0 Å². The minimum Gasteiger partial charge on any atom is -0.482 e. The number of carboxylic acids is 1. The van der Waals surface area contributed by atoms with Crippen LogP contribution >= 0.6 is 11.6 Å². The summed E-state index contributed by atoms with van der Waals surface area (Å²) in [5.41, 5.74) is 0.729. The molecule has 1 aromatic carbocycles. The predicted octanol–water partition coefficient (Wildman–Crippen LogP) is 2.58. The summed E-state index contributed by atoms with van der Waals surface area (Å²) in [6.45, 7) is 0. The van der Waals surface area contributed by atoms with Crippen molar-refractivity contribution in [2.45, 2.75) is 12.5 Å². The first-order chi connectivity index (χ1) is 8.11. The Bertz CT molecular complexity index is 507. The molecule has 88 valence electrons. The van der Waals surface area contributed by atoms with Gasteiger partial charge in [0.25, 0.3) is 0 Å². The second-order valence-corrected chi connectivity index (χ2v) is 4.02. The molecule has 17 heavy (non-hydrogen) atoms. The molecule has 2 rings (SSSR count). The standard InChI is InChI=1S/C12H9ClO4/c13-10-3-1-7(5-9(10)12(15)16)11-4-2-8(6-14)17-11/h1-3,5-6,11H,4H2,(H,15,16). The highest BCUT2D eigenvalue weighted by atomic mass is 35.5. The zero-order chi connectivity index (χ0) is 12.4. The fourth-order valence-corrected chi connectivity index (χ4v) is 1.87. The number of aldehydes is 1. The monoisotopic (exact) mass is 252 g/mol. The number of benzene rings is 1. The first-order valence-electron chi connectivity index (χ1n) is 4.96. The minimum absolute atomic E-state index is 0.0346. The molecule has 4 nitrogen and oxygen atoms in total. The Balaban J connectivity index is 2.26. The summed E-state index contributed by atoms with van der Waals surface area (Å²) in [6.07, 6.45) is 2.54. The quantitative estimate of drug-likeness (QED) is 0.840. The van der Waals surface area contributed by atoms with Crippen LogP contribution in [-0.4, -0.2) is 17.4 Å². The lowest BCUT2D eigenvalue weighted by Crippen LogP contribution is -2.03. The Kier molecular flexibility index (Phi) is 3.15. The Morgan fingerprint density at radius 3 is 2.88 bits per heavy atom. The number of carbonyl (C=O) groups excluding carboxylic acids is 1. The lowest BCUT2D eigenvalue weighted by molar-refractivity contribution is -0.108. The van der Waals surface area contributed by atoms with Crippen molar-refractivity contribution in [1.82, 2.24) is 0 Å². The first kappa shape index (κ1) is 11.7. The molecule has 0 bridgehead atoms. The van der Waals surface area contributed by atoms with Gasteiger partial charge in [-0.25, -0.2) is 4.79 Å². The van der Waals surface area contributed by atoms with Crippen LogP contribution in [0.3, 0.4) is 0 Å². The lowest BCUT2D eigenvalue weighted by Gasteiger charge is -2.12. The van der Waals surface area contributed by atoms with Gasteiger partial charge in [0.15, 0.2) is 12.0 Å². The molecule has 0 saturated heterocycles. The fraction of sp³-hybridized carbons (Fsp3) is 0.167. The number of aromatic carboxylic acids is 1. The Morgan fingerprint density at radius 2 is 2.29 bits per heavy atom. The summed E-state index contributed by atoms with van der Waals surface area (Å²) in [7, 11) is 0. The normalized spacial score (nSPS) is 18.4. The molecule has 1 heterocycles. The largest absolute Gasteiger partial charge is 0.482 e. The van der Waals surface area contributed by atoms with Crippen LogP contribution in [0.5, 0.6) is 0 Å².